The highest BCUT2D eigenvalue weighted by atomic mass is 35.5. The number of anilines is 2. The quantitative estimate of drug-likeness (QED) is 0.298. The monoisotopic (exact) mass is 506 g/mol. The first-order valence-corrected chi connectivity index (χ1v) is 12.0. The molecule has 2 aromatic rings. The van der Waals surface area contributed by atoms with Crippen molar-refractivity contribution < 1.29 is 13.2 Å². The lowest BCUT2D eigenvalue weighted by Gasteiger charge is -2.24. The van der Waals surface area contributed by atoms with E-state index in [2.05, 4.69) is 15.2 Å². The van der Waals surface area contributed by atoms with E-state index in [1.165, 1.54) is 4.31 Å². The summed E-state index contributed by atoms with van der Waals surface area (Å²) in [6, 6.07) is 14.1. The molecule has 1 atom stereocenters. The molecule has 0 spiro atoms. The molecule has 2 aromatic carbocycles. The number of guanidine groups is 1. The Hall–Kier alpha value is -2.92. The maximum Gasteiger partial charge on any atom is 0.275 e. The standard InChI is InChI=1S/C23H30N6O3S.ClH/c1-16(22(30)27-23(24)25)14-17-4-6-18(7-5-17)26-19-8-10-21(11-9-19)33(31,32)29(3)20-12-13-28(2)15-20;/h4-11,14,20,26H,12-13,15H2,1-3H3,(H4,24,25,27,30);1H. The van der Waals surface area contributed by atoms with Crippen LogP contribution in [0.2, 0.25) is 0 Å². The fraction of sp³-hybridized carbons (Fsp3) is 0.304. The van der Waals surface area contributed by atoms with Gasteiger partial charge in [0.05, 0.1) is 4.90 Å². The van der Waals surface area contributed by atoms with Gasteiger partial charge in [-0.1, -0.05) is 12.1 Å². The predicted octanol–water partition coefficient (Wildman–Crippen LogP) is 2.38. The maximum absolute atomic E-state index is 13.0. The summed E-state index contributed by atoms with van der Waals surface area (Å²) in [6.07, 6.45) is 2.52. The number of nitrogens with zero attached hydrogens (tertiary/aromatic N) is 3. The van der Waals surface area contributed by atoms with Gasteiger partial charge in [0.1, 0.15) is 0 Å². The van der Waals surface area contributed by atoms with Crippen molar-refractivity contribution in [2.75, 3.05) is 32.5 Å². The van der Waals surface area contributed by atoms with Crippen molar-refractivity contribution in [3.8, 4) is 0 Å². The van der Waals surface area contributed by atoms with E-state index in [4.69, 9.17) is 11.5 Å². The van der Waals surface area contributed by atoms with E-state index in [1.807, 2.05) is 31.3 Å². The minimum Gasteiger partial charge on any atom is -0.370 e. The number of benzene rings is 2. The van der Waals surface area contributed by atoms with Gasteiger partial charge < -0.3 is 21.7 Å². The number of amides is 1. The third kappa shape index (κ3) is 6.80. The molecular weight excluding hydrogens is 476 g/mol. The molecule has 34 heavy (non-hydrogen) atoms. The molecule has 1 heterocycles. The number of aliphatic imine (C=N–C) groups is 1. The Labute approximate surface area is 207 Å². The molecule has 1 saturated heterocycles. The molecule has 5 N–H and O–H groups in total. The second-order valence-corrected chi connectivity index (χ2v) is 10.2. The summed E-state index contributed by atoms with van der Waals surface area (Å²) in [5.74, 6) is -0.762. The molecule has 1 fully saturated rings. The van der Waals surface area contributed by atoms with Crippen LogP contribution in [0.3, 0.4) is 0 Å². The highest BCUT2D eigenvalue weighted by Gasteiger charge is 2.31. The van der Waals surface area contributed by atoms with Crippen LogP contribution >= 0.6 is 12.4 Å². The topological polar surface area (TPSA) is 134 Å². The summed E-state index contributed by atoms with van der Waals surface area (Å²) in [7, 11) is 0.0966. The Balaban J connectivity index is 0.00000408. The van der Waals surface area contributed by atoms with Gasteiger partial charge in [0.15, 0.2) is 5.96 Å². The fourth-order valence-corrected chi connectivity index (χ4v) is 5.00. The highest BCUT2D eigenvalue weighted by Crippen LogP contribution is 2.24. The van der Waals surface area contributed by atoms with Gasteiger partial charge in [0.2, 0.25) is 10.0 Å². The average Bonchev–Trinajstić information content (AvgIpc) is 3.20. The number of nitrogens with two attached hydrogens (primary N) is 2. The summed E-state index contributed by atoms with van der Waals surface area (Å²) < 4.78 is 27.4. The molecule has 0 bridgehead atoms. The van der Waals surface area contributed by atoms with Gasteiger partial charge in [0, 0.05) is 36.6 Å². The van der Waals surface area contributed by atoms with Crippen LogP contribution < -0.4 is 16.8 Å². The SMILES string of the molecule is CC(=Cc1ccc(Nc2ccc(S(=O)(=O)N(C)C3CCN(C)C3)cc2)cc1)C(=O)N=C(N)N.Cl. The molecular formula is C23H31ClN6O3S. The number of rotatable bonds is 7. The number of likely N-dealkylation sites (N-methyl/N-ethyl adjacent to an activating group) is 2. The van der Waals surface area contributed by atoms with Crippen molar-refractivity contribution in [2.45, 2.75) is 24.3 Å². The number of hydrogen-bond donors (Lipinski definition) is 3. The van der Waals surface area contributed by atoms with E-state index in [1.54, 1.807) is 44.3 Å². The Kier molecular flexibility index (Phi) is 9.22. The number of nitrogens with one attached hydrogen (secondary N) is 1. The molecule has 1 amide bonds. The van der Waals surface area contributed by atoms with Gasteiger partial charge in [-0.05, 0) is 75.0 Å². The second-order valence-electron chi connectivity index (χ2n) is 8.17. The molecule has 0 aromatic heterocycles. The first-order valence-electron chi connectivity index (χ1n) is 10.5. The first kappa shape index (κ1) is 27.3. The van der Waals surface area contributed by atoms with Gasteiger partial charge in [-0.25, -0.2) is 8.42 Å². The van der Waals surface area contributed by atoms with Crippen LogP contribution in [0.5, 0.6) is 0 Å². The van der Waals surface area contributed by atoms with Crippen molar-refractivity contribution >= 4 is 51.7 Å². The summed E-state index contributed by atoms with van der Waals surface area (Å²) in [6.45, 7) is 3.27. The molecule has 1 aliphatic rings. The molecule has 1 unspecified atom stereocenters. The summed E-state index contributed by atoms with van der Waals surface area (Å²) in [5, 5.41) is 3.24. The number of hydrogen-bond acceptors (Lipinski definition) is 5. The van der Waals surface area contributed by atoms with Crippen LogP contribution in [0.4, 0.5) is 11.4 Å². The number of likely N-dealkylation sites (tertiary alicyclic amines) is 1. The van der Waals surface area contributed by atoms with Crippen molar-refractivity contribution in [1.82, 2.24) is 9.21 Å². The third-order valence-electron chi connectivity index (χ3n) is 5.56. The second kappa shape index (κ2) is 11.5. The van der Waals surface area contributed by atoms with Crippen LogP contribution in [0, 0.1) is 0 Å². The maximum atomic E-state index is 13.0. The van der Waals surface area contributed by atoms with E-state index in [0.29, 0.717) is 5.57 Å². The highest BCUT2D eigenvalue weighted by molar-refractivity contribution is 7.89. The van der Waals surface area contributed by atoms with Gasteiger partial charge in [0.25, 0.3) is 5.91 Å². The van der Waals surface area contributed by atoms with Gasteiger partial charge in [-0.15, -0.1) is 12.4 Å². The minimum atomic E-state index is -3.55. The first-order chi connectivity index (χ1) is 15.6. The summed E-state index contributed by atoms with van der Waals surface area (Å²) >= 11 is 0. The van der Waals surface area contributed by atoms with Crippen molar-refractivity contribution in [2.24, 2.45) is 16.5 Å². The van der Waals surface area contributed by atoms with Crippen molar-refractivity contribution in [3.63, 3.8) is 0 Å². The zero-order valence-electron chi connectivity index (χ0n) is 19.4. The third-order valence-corrected chi connectivity index (χ3v) is 7.49. The van der Waals surface area contributed by atoms with Crippen LogP contribution in [-0.4, -0.2) is 62.7 Å². The normalized spacial score (nSPS) is 16.7. The van der Waals surface area contributed by atoms with Gasteiger partial charge in [-0.2, -0.15) is 9.30 Å². The van der Waals surface area contributed by atoms with E-state index in [0.717, 1.165) is 36.4 Å². The lowest BCUT2D eigenvalue weighted by atomic mass is 10.1. The Bertz CT molecular complexity index is 1160. The van der Waals surface area contributed by atoms with E-state index in [-0.39, 0.29) is 29.3 Å². The van der Waals surface area contributed by atoms with Crippen molar-refractivity contribution in [3.05, 3.63) is 59.7 Å². The van der Waals surface area contributed by atoms with Crippen LogP contribution in [-0.2, 0) is 14.8 Å². The summed E-state index contributed by atoms with van der Waals surface area (Å²) in [4.78, 5) is 17.7. The van der Waals surface area contributed by atoms with Crippen LogP contribution in [0.25, 0.3) is 6.08 Å². The lowest BCUT2D eigenvalue weighted by molar-refractivity contribution is -0.114. The van der Waals surface area contributed by atoms with Gasteiger partial charge in [-0.3, -0.25) is 4.79 Å². The smallest absolute Gasteiger partial charge is 0.275 e. The Morgan fingerprint density at radius 3 is 2.18 bits per heavy atom. The van der Waals surface area contributed by atoms with Crippen molar-refractivity contribution in [1.29, 1.82) is 0 Å². The fourth-order valence-electron chi connectivity index (χ4n) is 3.63. The number of carbonyl (C=O) groups is 1. The molecule has 184 valence electrons. The van der Waals surface area contributed by atoms with E-state index in [9.17, 15) is 13.2 Å². The number of sulfonamides is 1. The van der Waals surface area contributed by atoms with E-state index < -0.39 is 15.9 Å². The molecule has 0 radical (unpaired) electrons. The van der Waals surface area contributed by atoms with E-state index >= 15 is 0 Å². The number of halogens is 1. The zero-order valence-corrected chi connectivity index (χ0v) is 21.1. The minimum absolute atomic E-state index is 0. The predicted molar refractivity (Wildman–Crippen MR) is 139 cm³/mol. The molecule has 0 saturated carbocycles. The molecule has 9 nitrogen and oxygen atoms in total. The molecule has 11 heteroatoms. The molecule has 1 aliphatic heterocycles. The Morgan fingerprint density at radius 2 is 1.68 bits per heavy atom. The van der Waals surface area contributed by atoms with Crippen LogP contribution in [0.15, 0.2) is 64.0 Å². The number of carbonyl (C=O) groups excluding carboxylic acids is 1. The zero-order chi connectivity index (χ0) is 24.2. The van der Waals surface area contributed by atoms with Gasteiger partial charge >= 0.3 is 0 Å². The largest absolute Gasteiger partial charge is 0.370 e. The Morgan fingerprint density at radius 1 is 1.12 bits per heavy atom. The summed E-state index contributed by atoms with van der Waals surface area (Å²) in [5.41, 5.74) is 13.3. The lowest BCUT2D eigenvalue weighted by Crippen LogP contribution is -2.38. The average molecular weight is 507 g/mol. The molecule has 3 rings (SSSR count). The van der Waals surface area contributed by atoms with Crippen LogP contribution in [0.1, 0.15) is 18.9 Å². The molecule has 0 aliphatic carbocycles.